The van der Waals surface area contributed by atoms with Gasteiger partial charge in [-0.3, -0.25) is 0 Å². The van der Waals surface area contributed by atoms with E-state index < -0.39 is 0 Å². The third kappa shape index (κ3) is 5.46. The van der Waals surface area contributed by atoms with Crippen LogP contribution in [0.15, 0.2) is 95.7 Å². The minimum atomic E-state index is 0. The number of fused-ring (bicyclic) bond motifs is 3. The average Bonchev–Trinajstić information content (AvgIpc) is 3.28. The number of para-hydroxylation sites is 1. The van der Waals surface area contributed by atoms with Gasteiger partial charge in [-0.25, -0.2) is 0 Å². The van der Waals surface area contributed by atoms with E-state index >= 15 is 0 Å². The molecule has 0 unspecified atom stereocenters. The summed E-state index contributed by atoms with van der Waals surface area (Å²) in [7, 11) is 0. The molecule has 0 atom stereocenters. The van der Waals surface area contributed by atoms with E-state index in [1.165, 1.54) is 16.7 Å². The molecule has 4 heteroatoms. The number of pyridine rings is 2. The van der Waals surface area contributed by atoms with Crippen LogP contribution in [-0.4, -0.2) is 9.97 Å². The van der Waals surface area contributed by atoms with Crippen LogP contribution in [-0.2, 0) is 26.5 Å². The molecule has 3 heterocycles. The zero-order chi connectivity index (χ0) is 24.2. The van der Waals surface area contributed by atoms with Gasteiger partial charge in [0.25, 0.3) is 0 Å². The molecule has 0 aliphatic carbocycles. The third-order valence-corrected chi connectivity index (χ3v) is 5.98. The van der Waals surface area contributed by atoms with Crippen molar-refractivity contribution in [2.75, 3.05) is 0 Å². The van der Waals surface area contributed by atoms with Gasteiger partial charge in [0.2, 0.25) is 0 Å². The molecular formula is C32H26IrN2O-2. The zero-order valence-corrected chi connectivity index (χ0v) is 22.9. The maximum absolute atomic E-state index is 6.04. The molecule has 0 N–H and O–H groups in total. The predicted molar refractivity (Wildman–Crippen MR) is 143 cm³/mol. The van der Waals surface area contributed by atoms with Gasteiger partial charge in [-0.15, -0.1) is 53.6 Å². The van der Waals surface area contributed by atoms with E-state index in [0.29, 0.717) is 0 Å². The van der Waals surface area contributed by atoms with Crippen LogP contribution < -0.4 is 0 Å². The molecule has 6 rings (SSSR count). The fourth-order valence-corrected chi connectivity index (χ4v) is 4.12. The SMILES string of the molecule is CCc1ccnc(-c2[c-]ccc3c2oc2ccccc23)c1.Cc1cc[c-]c(-c2cc(C)ccn2)c1.[Ir]. The molecule has 36 heavy (non-hydrogen) atoms. The van der Waals surface area contributed by atoms with Crippen LogP contribution in [0.1, 0.15) is 23.6 Å². The number of benzene rings is 3. The number of hydrogen-bond donors (Lipinski definition) is 0. The van der Waals surface area contributed by atoms with E-state index in [-0.39, 0.29) is 20.1 Å². The van der Waals surface area contributed by atoms with Gasteiger partial charge in [-0.2, -0.15) is 0 Å². The Balaban J connectivity index is 0.000000178. The summed E-state index contributed by atoms with van der Waals surface area (Å²) in [4.78, 5) is 8.81. The Hall–Kier alpha value is -3.59. The molecule has 3 nitrogen and oxygen atoms in total. The van der Waals surface area contributed by atoms with Gasteiger partial charge in [0, 0.05) is 37.9 Å². The molecular weight excluding hydrogens is 621 g/mol. The maximum atomic E-state index is 6.04. The standard InChI is InChI=1S/C19H14NO.C13H12N.Ir/c1-2-13-10-11-20-17(12-13)16-8-5-7-15-14-6-3-4-9-18(14)21-19(15)16;1-10-4-3-5-12(8-10)13-9-11(2)6-7-14-13;/h3-7,9-12H,2H2,1H3;3-4,6-9H,1-2H3;/q2*-1;. The van der Waals surface area contributed by atoms with Crippen molar-refractivity contribution in [1.29, 1.82) is 0 Å². The van der Waals surface area contributed by atoms with Crippen LogP contribution >= 0.6 is 0 Å². The average molecular weight is 647 g/mol. The number of hydrogen-bond acceptors (Lipinski definition) is 3. The Morgan fingerprint density at radius 2 is 1.50 bits per heavy atom. The van der Waals surface area contributed by atoms with Gasteiger partial charge in [0.15, 0.2) is 0 Å². The first kappa shape index (κ1) is 25.5. The Kier molecular flexibility index (Phi) is 8.10. The minimum absolute atomic E-state index is 0. The summed E-state index contributed by atoms with van der Waals surface area (Å²) in [5.74, 6) is 0. The van der Waals surface area contributed by atoms with Gasteiger partial charge in [-0.1, -0.05) is 66.3 Å². The number of furan rings is 1. The van der Waals surface area contributed by atoms with Gasteiger partial charge in [0.05, 0.1) is 5.58 Å². The van der Waals surface area contributed by atoms with Crippen molar-refractivity contribution in [3.8, 4) is 22.5 Å². The van der Waals surface area contributed by atoms with E-state index in [2.05, 4.69) is 67.1 Å². The summed E-state index contributed by atoms with van der Waals surface area (Å²) >= 11 is 0. The quantitative estimate of drug-likeness (QED) is 0.182. The van der Waals surface area contributed by atoms with Gasteiger partial charge in [-0.05, 0) is 42.9 Å². The molecule has 6 aromatic rings. The van der Waals surface area contributed by atoms with Crippen LogP contribution in [0.25, 0.3) is 44.5 Å². The largest absolute Gasteiger partial charge is 0.501 e. The van der Waals surface area contributed by atoms with Crippen LogP contribution in [0.4, 0.5) is 0 Å². The molecule has 0 saturated carbocycles. The van der Waals surface area contributed by atoms with E-state index in [4.69, 9.17) is 4.42 Å². The Morgan fingerprint density at radius 1 is 0.750 bits per heavy atom. The van der Waals surface area contributed by atoms with Crippen LogP contribution in [0, 0.1) is 26.0 Å². The molecule has 0 spiro atoms. The van der Waals surface area contributed by atoms with Gasteiger partial charge >= 0.3 is 0 Å². The molecule has 0 amide bonds. The van der Waals surface area contributed by atoms with Crippen molar-refractivity contribution < 1.29 is 24.5 Å². The van der Waals surface area contributed by atoms with Crippen molar-refractivity contribution in [1.82, 2.24) is 9.97 Å². The fourth-order valence-electron chi connectivity index (χ4n) is 4.12. The molecule has 3 aromatic heterocycles. The third-order valence-electron chi connectivity index (χ3n) is 5.98. The summed E-state index contributed by atoms with van der Waals surface area (Å²) in [5, 5.41) is 2.25. The van der Waals surface area contributed by atoms with E-state index in [9.17, 15) is 0 Å². The van der Waals surface area contributed by atoms with Crippen LogP contribution in [0.5, 0.6) is 0 Å². The second kappa shape index (κ2) is 11.4. The summed E-state index contributed by atoms with van der Waals surface area (Å²) in [6.45, 7) is 6.29. The van der Waals surface area contributed by atoms with Gasteiger partial charge in [0.1, 0.15) is 5.58 Å². The Labute approximate surface area is 225 Å². The summed E-state index contributed by atoms with van der Waals surface area (Å²) in [6, 6.07) is 32.9. The number of rotatable bonds is 3. The summed E-state index contributed by atoms with van der Waals surface area (Å²) < 4.78 is 6.04. The Morgan fingerprint density at radius 3 is 2.31 bits per heavy atom. The minimum Gasteiger partial charge on any atom is -0.501 e. The number of aromatic nitrogens is 2. The number of aryl methyl sites for hydroxylation is 3. The topological polar surface area (TPSA) is 38.9 Å². The molecule has 0 fully saturated rings. The monoisotopic (exact) mass is 647 g/mol. The van der Waals surface area contributed by atoms with Crippen molar-refractivity contribution in [3.05, 3.63) is 120 Å². The van der Waals surface area contributed by atoms with E-state index in [1.807, 2.05) is 67.0 Å². The van der Waals surface area contributed by atoms with Crippen molar-refractivity contribution >= 4 is 21.9 Å². The van der Waals surface area contributed by atoms with Crippen molar-refractivity contribution in [2.24, 2.45) is 0 Å². The fraction of sp³-hybridized carbons (Fsp3) is 0.125. The smallest absolute Gasteiger partial charge is 0.120 e. The number of nitrogens with zero attached hydrogens (tertiary/aromatic N) is 2. The molecule has 0 aliphatic heterocycles. The Bertz CT molecular complexity index is 1580. The second-order valence-corrected chi connectivity index (χ2v) is 8.59. The van der Waals surface area contributed by atoms with Gasteiger partial charge < -0.3 is 14.4 Å². The first-order valence-corrected chi connectivity index (χ1v) is 11.8. The first-order chi connectivity index (χ1) is 17.1. The van der Waals surface area contributed by atoms with Crippen molar-refractivity contribution in [3.63, 3.8) is 0 Å². The van der Waals surface area contributed by atoms with Crippen molar-refractivity contribution in [2.45, 2.75) is 27.2 Å². The normalized spacial score (nSPS) is 10.5. The van der Waals surface area contributed by atoms with Crippen LogP contribution in [0.2, 0.25) is 0 Å². The zero-order valence-electron chi connectivity index (χ0n) is 20.5. The second-order valence-electron chi connectivity index (χ2n) is 8.59. The molecule has 0 bridgehead atoms. The summed E-state index contributed by atoms with van der Waals surface area (Å²) in [5.41, 5.74) is 9.40. The van der Waals surface area contributed by atoms with E-state index in [1.54, 1.807) is 0 Å². The molecule has 3 aromatic carbocycles. The molecule has 0 saturated heterocycles. The molecule has 0 aliphatic rings. The van der Waals surface area contributed by atoms with Crippen LogP contribution in [0.3, 0.4) is 0 Å². The van der Waals surface area contributed by atoms with E-state index in [0.717, 1.165) is 50.9 Å². The summed E-state index contributed by atoms with van der Waals surface area (Å²) in [6.07, 6.45) is 4.68. The first-order valence-electron chi connectivity index (χ1n) is 11.8. The predicted octanol–water partition coefficient (Wildman–Crippen LogP) is 8.17. The molecule has 1 radical (unpaired) electrons. The maximum Gasteiger partial charge on any atom is 0.120 e. The molecule has 181 valence electrons.